The maximum Gasteiger partial charge on any atom is 0.408 e. The highest BCUT2D eigenvalue weighted by atomic mass is 16.6. The molecule has 2 atom stereocenters. The minimum Gasteiger partial charge on any atom is -0.497 e. The van der Waals surface area contributed by atoms with Crippen LogP contribution in [0.15, 0.2) is 66.9 Å². The summed E-state index contributed by atoms with van der Waals surface area (Å²) in [6.45, 7) is 0. The van der Waals surface area contributed by atoms with Gasteiger partial charge in [-0.05, 0) is 46.5 Å². The fourth-order valence-electron chi connectivity index (χ4n) is 3.37. The number of nitrogens with zero attached hydrogens (tertiary/aromatic N) is 1. The zero-order valence-electron chi connectivity index (χ0n) is 15.6. The number of cyclic esters (lactones) is 1. The SMILES string of the molecule is COc1cccc([C@H]2OC(=O)N[C@@H]2c2cccc(-c3ccnc(OC)c3)c2)c1. The highest BCUT2D eigenvalue weighted by Crippen LogP contribution is 2.38. The molecule has 0 spiro atoms. The third-order valence-corrected chi connectivity index (χ3v) is 4.76. The number of ether oxygens (including phenoxy) is 3. The first-order chi connectivity index (χ1) is 13.7. The van der Waals surface area contributed by atoms with E-state index in [9.17, 15) is 4.79 Å². The third kappa shape index (κ3) is 3.49. The molecule has 0 radical (unpaired) electrons. The molecule has 1 amide bonds. The van der Waals surface area contributed by atoms with Gasteiger partial charge in [-0.2, -0.15) is 0 Å². The zero-order valence-corrected chi connectivity index (χ0v) is 15.6. The van der Waals surface area contributed by atoms with Gasteiger partial charge in [0.25, 0.3) is 0 Å². The first kappa shape index (κ1) is 17.9. The molecule has 6 nitrogen and oxygen atoms in total. The molecule has 2 aromatic carbocycles. The van der Waals surface area contributed by atoms with Crippen molar-refractivity contribution in [3.8, 4) is 22.8 Å². The minimum absolute atomic E-state index is 0.303. The Kier molecular flexibility index (Phi) is 4.85. The molecule has 3 aromatic rings. The number of hydrogen-bond donors (Lipinski definition) is 1. The van der Waals surface area contributed by atoms with Crippen molar-refractivity contribution >= 4 is 6.09 Å². The fraction of sp³-hybridized carbons (Fsp3) is 0.182. The van der Waals surface area contributed by atoms with Gasteiger partial charge in [0.05, 0.1) is 20.3 Å². The summed E-state index contributed by atoms with van der Waals surface area (Å²) in [4.78, 5) is 16.2. The quantitative estimate of drug-likeness (QED) is 0.719. The second-order valence-electron chi connectivity index (χ2n) is 6.44. The largest absolute Gasteiger partial charge is 0.497 e. The monoisotopic (exact) mass is 376 g/mol. The summed E-state index contributed by atoms with van der Waals surface area (Å²) in [6, 6.07) is 19.1. The van der Waals surface area contributed by atoms with Crippen LogP contribution in [-0.2, 0) is 4.74 Å². The van der Waals surface area contributed by atoms with E-state index in [1.54, 1.807) is 20.4 Å². The number of amides is 1. The zero-order chi connectivity index (χ0) is 19.5. The van der Waals surface area contributed by atoms with Crippen molar-refractivity contribution in [1.29, 1.82) is 0 Å². The number of carbonyl (C=O) groups excluding carboxylic acids is 1. The summed E-state index contributed by atoms with van der Waals surface area (Å²) in [7, 11) is 3.20. The molecule has 28 heavy (non-hydrogen) atoms. The van der Waals surface area contributed by atoms with E-state index in [2.05, 4.69) is 10.3 Å². The fourth-order valence-corrected chi connectivity index (χ4v) is 3.37. The van der Waals surface area contributed by atoms with E-state index < -0.39 is 12.2 Å². The number of hydrogen-bond acceptors (Lipinski definition) is 5. The van der Waals surface area contributed by atoms with Crippen LogP contribution < -0.4 is 14.8 Å². The lowest BCUT2D eigenvalue weighted by atomic mass is 9.94. The molecule has 2 heterocycles. The molecule has 1 fully saturated rings. The number of benzene rings is 2. The number of pyridine rings is 1. The number of rotatable bonds is 5. The van der Waals surface area contributed by atoms with Gasteiger partial charge >= 0.3 is 6.09 Å². The molecule has 142 valence electrons. The molecule has 1 N–H and O–H groups in total. The van der Waals surface area contributed by atoms with Crippen LogP contribution in [-0.4, -0.2) is 25.3 Å². The number of nitrogens with one attached hydrogen (secondary N) is 1. The predicted molar refractivity (Wildman–Crippen MR) is 104 cm³/mol. The first-order valence-corrected chi connectivity index (χ1v) is 8.89. The molecule has 0 aliphatic carbocycles. The Bertz CT molecular complexity index is 1010. The number of methoxy groups -OCH3 is 2. The highest BCUT2D eigenvalue weighted by Gasteiger charge is 2.36. The summed E-state index contributed by atoms with van der Waals surface area (Å²) in [5, 5.41) is 2.92. The molecule has 6 heteroatoms. The van der Waals surface area contributed by atoms with Crippen LogP contribution in [0.1, 0.15) is 23.3 Å². The van der Waals surface area contributed by atoms with E-state index >= 15 is 0 Å². The minimum atomic E-state index is -0.440. The molecule has 1 aliphatic heterocycles. The van der Waals surface area contributed by atoms with Gasteiger partial charge in [0.15, 0.2) is 6.10 Å². The lowest BCUT2D eigenvalue weighted by Crippen LogP contribution is -2.19. The molecule has 4 rings (SSSR count). The van der Waals surface area contributed by atoms with Crippen molar-refractivity contribution in [2.75, 3.05) is 14.2 Å². The van der Waals surface area contributed by atoms with Crippen LogP contribution in [0.4, 0.5) is 4.79 Å². The topological polar surface area (TPSA) is 69.7 Å². The van der Waals surface area contributed by atoms with Crippen molar-refractivity contribution in [3.05, 3.63) is 78.0 Å². The Morgan fingerprint density at radius 3 is 2.54 bits per heavy atom. The second kappa shape index (κ2) is 7.60. The van der Waals surface area contributed by atoms with Gasteiger partial charge in [-0.3, -0.25) is 0 Å². The summed E-state index contributed by atoms with van der Waals surface area (Å²) in [6.07, 6.45) is 0.832. The van der Waals surface area contributed by atoms with Crippen molar-refractivity contribution in [1.82, 2.24) is 10.3 Å². The number of aromatic nitrogens is 1. The standard InChI is InChI=1S/C22H20N2O4/c1-26-18-8-4-7-17(12-18)21-20(24-22(25)28-21)16-6-3-5-14(11-16)15-9-10-23-19(13-15)27-2/h3-13,20-21H,1-2H3,(H,24,25)/t20-,21-/m1/s1. The van der Waals surface area contributed by atoms with Crippen molar-refractivity contribution < 1.29 is 19.0 Å². The molecule has 1 saturated heterocycles. The van der Waals surface area contributed by atoms with Gasteiger partial charge in [0.2, 0.25) is 5.88 Å². The number of alkyl carbamates (subject to hydrolysis) is 1. The van der Waals surface area contributed by atoms with Crippen molar-refractivity contribution in [3.63, 3.8) is 0 Å². The molecule has 1 aromatic heterocycles. The average molecular weight is 376 g/mol. The lowest BCUT2D eigenvalue weighted by molar-refractivity contribution is 0.132. The van der Waals surface area contributed by atoms with Crippen LogP contribution in [0.5, 0.6) is 11.6 Å². The maximum absolute atomic E-state index is 12.0. The van der Waals surface area contributed by atoms with E-state index in [0.717, 1.165) is 28.0 Å². The van der Waals surface area contributed by atoms with E-state index in [1.165, 1.54) is 0 Å². The van der Waals surface area contributed by atoms with Gasteiger partial charge < -0.3 is 19.5 Å². The summed E-state index contributed by atoms with van der Waals surface area (Å²) >= 11 is 0. The molecular formula is C22H20N2O4. The Hall–Kier alpha value is -3.54. The Morgan fingerprint density at radius 2 is 1.71 bits per heavy atom. The molecule has 1 aliphatic rings. The van der Waals surface area contributed by atoms with Crippen LogP contribution >= 0.6 is 0 Å². The maximum atomic E-state index is 12.0. The normalized spacial score (nSPS) is 18.3. The Balaban J connectivity index is 1.69. The predicted octanol–water partition coefficient (Wildman–Crippen LogP) is 4.29. The molecule has 0 bridgehead atoms. The average Bonchev–Trinajstić information content (AvgIpc) is 3.15. The summed E-state index contributed by atoms with van der Waals surface area (Å²) in [5.74, 6) is 1.27. The van der Waals surface area contributed by atoms with Crippen LogP contribution in [0.3, 0.4) is 0 Å². The van der Waals surface area contributed by atoms with Gasteiger partial charge in [0.1, 0.15) is 5.75 Å². The smallest absolute Gasteiger partial charge is 0.408 e. The van der Waals surface area contributed by atoms with E-state index in [4.69, 9.17) is 14.2 Å². The molecule has 0 saturated carbocycles. The van der Waals surface area contributed by atoms with Gasteiger partial charge in [-0.25, -0.2) is 9.78 Å². The van der Waals surface area contributed by atoms with Crippen molar-refractivity contribution in [2.45, 2.75) is 12.1 Å². The van der Waals surface area contributed by atoms with Crippen LogP contribution in [0.2, 0.25) is 0 Å². The summed E-state index contributed by atoms with van der Waals surface area (Å²) < 4.78 is 16.1. The molecule has 0 unspecified atom stereocenters. The highest BCUT2D eigenvalue weighted by molar-refractivity contribution is 5.72. The number of carbonyl (C=O) groups is 1. The first-order valence-electron chi connectivity index (χ1n) is 8.89. The Morgan fingerprint density at radius 1 is 0.929 bits per heavy atom. The van der Waals surface area contributed by atoms with E-state index in [-0.39, 0.29) is 6.04 Å². The third-order valence-electron chi connectivity index (χ3n) is 4.76. The Labute approximate surface area is 163 Å². The second-order valence-corrected chi connectivity index (χ2v) is 6.44. The summed E-state index contributed by atoms with van der Waals surface area (Å²) in [5.41, 5.74) is 3.81. The molecular weight excluding hydrogens is 356 g/mol. The van der Waals surface area contributed by atoms with Gasteiger partial charge in [-0.15, -0.1) is 0 Å². The van der Waals surface area contributed by atoms with Gasteiger partial charge in [-0.1, -0.05) is 30.3 Å². The van der Waals surface area contributed by atoms with Crippen LogP contribution in [0.25, 0.3) is 11.1 Å². The lowest BCUT2D eigenvalue weighted by Gasteiger charge is -2.19. The van der Waals surface area contributed by atoms with Gasteiger partial charge in [0, 0.05) is 12.3 Å². The van der Waals surface area contributed by atoms with E-state index in [0.29, 0.717) is 5.88 Å². The van der Waals surface area contributed by atoms with E-state index in [1.807, 2.05) is 60.7 Å². The van der Waals surface area contributed by atoms with Crippen molar-refractivity contribution in [2.24, 2.45) is 0 Å². The van der Waals surface area contributed by atoms with Crippen LogP contribution in [0, 0.1) is 0 Å².